The molecule has 72 valence electrons. The lowest BCUT2D eigenvalue weighted by atomic mass is 9.93. The Labute approximate surface area is 82.2 Å². The van der Waals surface area contributed by atoms with Crippen LogP contribution in [0.3, 0.4) is 0 Å². The van der Waals surface area contributed by atoms with Gasteiger partial charge in [-0.1, -0.05) is 0 Å². The molecule has 1 saturated heterocycles. The fourth-order valence-corrected chi connectivity index (χ4v) is 3.04. The smallest absolute Gasteiger partial charge is 0.0951 e. The number of nitrogens with zero attached hydrogens (tertiary/aromatic N) is 2. The van der Waals surface area contributed by atoms with Crippen LogP contribution in [0, 0.1) is 0 Å². The summed E-state index contributed by atoms with van der Waals surface area (Å²) in [6.07, 6.45) is 7.63. The second kappa shape index (κ2) is 3.72. The molecule has 0 aliphatic carbocycles. The van der Waals surface area contributed by atoms with Crippen molar-refractivity contribution in [3.05, 3.63) is 18.7 Å². The fraction of sp³-hybridized carbons (Fsp3) is 0.667. The maximum absolute atomic E-state index is 9.46. The zero-order valence-electron chi connectivity index (χ0n) is 7.52. The molecular formula is C9H14N2OS. The van der Waals surface area contributed by atoms with Gasteiger partial charge in [-0.3, -0.25) is 0 Å². The van der Waals surface area contributed by atoms with Gasteiger partial charge in [0.05, 0.1) is 18.5 Å². The molecule has 2 rings (SSSR count). The minimum Gasteiger partial charge on any atom is -0.394 e. The van der Waals surface area contributed by atoms with Gasteiger partial charge in [-0.2, -0.15) is 11.8 Å². The molecule has 0 bridgehead atoms. The van der Waals surface area contributed by atoms with Gasteiger partial charge in [-0.15, -0.1) is 0 Å². The fourth-order valence-electron chi connectivity index (χ4n) is 1.79. The van der Waals surface area contributed by atoms with Crippen molar-refractivity contribution in [1.29, 1.82) is 0 Å². The summed E-state index contributed by atoms with van der Waals surface area (Å²) in [5.41, 5.74) is -0.0677. The molecule has 13 heavy (non-hydrogen) atoms. The molecular weight excluding hydrogens is 184 g/mol. The van der Waals surface area contributed by atoms with E-state index < -0.39 is 0 Å². The third kappa shape index (κ3) is 1.60. The zero-order valence-corrected chi connectivity index (χ0v) is 8.33. The van der Waals surface area contributed by atoms with E-state index in [1.807, 2.05) is 24.3 Å². The van der Waals surface area contributed by atoms with Crippen LogP contribution in [0.25, 0.3) is 0 Å². The van der Waals surface area contributed by atoms with Gasteiger partial charge < -0.3 is 9.67 Å². The first-order chi connectivity index (χ1) is 6.37. The summed E-state index contributed by atoms with van der Waals surface area (Å²) in [7, 11) is 0. The summed E-state index contributed by atoms with van der Waals surface area (Å²) in [5.74, 6) is 2.28. The molecule has 1 N–H and O–H groups in total. The SMILES string of the molecule is OCC1(n2ccnc2)CCSCC1. The van der Waals surface area contributed by atoms with E-state index in [0.29, 0.717) is 0 Å². The Hall–Kier alpha value is -0.480. The Kier molecular flexibility index (Phi) is 2.60. The van der Waals surface area contributed by atoms with E-state index in [2.05, 4.69) is 9.55 Å². The van der Waals surface area contributed by atoms with Crippen LogP contribution in [-0.4, -0.2) is 32.8 Å². The number of rotatable bonds is 2. The Morgan fingerprint density at radius 3 is 2.77 bits per heavy atom. The number of aliphatic hydroxyl groups excluding tert-OH is 1. The van der Waals surface area contributed by atoms with Crippen LogP contribution >= 0.6 is 11.8 Å². The molecule has 0 spiro atoms. The highest BCUT2D eigenvalue weighted by molar-refractivity contribution is 7.99. The van der Waals surface area contributed by atoms with Crippen molar-refractivity contribution in [2.24, 2.45) is 0 Å². The third-order valence-corrected chi connectivity index (χ3v) is 3.76. The van der Waals surface area contributed by atoms with Gasteiger partial charge >= 0.3 is 0 Å². The van der Waals surface area contributed by atoms with Gasteiger partial charge in [0.15, 0.2) is 0 Å². The van der Waals surface area contributed by atoms with E-state index in [1.54, 1.807) is 6.20 Å². The molecule has 4 heteroatoms. The van der Waals surface area contributed by atoms with Gasteiger partial charge in [-0.05, 0) is 24.3 Å². The van der Waals surface area contributed by atoms with Crippen LogP contribution in [0.15, 0.2) is 18.7 Å². The maximum atomic E-state index is 9.46. The Bertz CT molecular complexity index is 255. The van der Waals surface area contributed by atoms with Crippen molar-refractivity contribution in [3.8, 4) is 0 Å². The molecule has 2 heterocycles. The normalized spacial score (nSPS) is 21.6. The standard InChI is InChI=1S/C9H14N2OS/c12-7-9(1-5-13-6-2-9)11-4-3-10-8-11/h3-4,8,12H,1-2,5-7H2. The van der Waals surface area contributed by atoms with Crippen molar-refractivity contribution in [1.82, 2.24) is 9.55 Å². The Balaban J connectivity index is 2.23. The molecule has 0 amide bonds. The number of aromatic nitrogens is 2. The summed E-state index contributed by atoms with van der Waals surface area (Å²) in [5, 5.41) is 9.46. The second-order valence-electron chi connectivity index (χ2n) is 3.46. The highest BCUT2D eigenvalue weighted by atomic mass is 32.2. The molecule has 1 aliphatic rings. The zero-order chi connectivity index (χ0) is 9.15. The number of hydrogen-bond donors (Lipinski definition) is 1. The van der Waals surface area contributed by atoms with Gasteiger partial charge in [0.25, 0.3) is 0 Å². The van der Waals surface area contributed by atoms with Crippen molar-refractivity contribution in [2.75, 3.05) is 18.1 Å². The summed E-state index contributed by atoms with van der Waals surface area (Å²) in [6.45, 7) is 0.226. The highest BCUT2D eigenvalue weighted by Crippen LogP contribution is 2.32. The van der Waals surface area contributed by atoms with E-state index in [9.17, 15) is 5.11 Å². The number of hydrogen-bond acceptors (Lipinski definition) is 3. The maximum Gasteiger partial charge on any atom is 0.0951 e. The summed E-state index contributed by atoms with van der Waals surface area (Å²) in [4.78, 5) is 4.04. The molecule has 0 radical (unpaired) electrons. The van der Waals surface area contributed by atoms with Gasteiger partial charge in [0.1, 0.15) is 0 Å². The van der Waals surface area contributed by atoms with Crippen LogP contribution in [0.1, 0.15) is 12.8 Å². The first-order valence-electron chi connectivity index (χ1n) is 4.54. The lowest BCUT2D eigenvalue weighted by Gasteiger charge is -2.36. The number of imidazole rings is 1. The minimum absolute atomic E-state index is 0.0677. The molecule has 1 aromatic heterocycles. The number of aliphatic hydroxyl groups is 1. The van der Waals surface area contributed by atoms with E-state index in [4.69, 9.17) is 0 Å². The molecule has 1 aromatic rings. The lowest BCUT2D eigenvalue weighted by Crippen LogP contribution is -2.40. The first-order valence-corrected chi connectivity index (χ1v) is 5.70. The highest BCUT2D eigenvalue weighted by Gasteiger charge is 2.32. The van der Waals surface area contributed by atoms with Crippen molar-refractivity contribution >= 4 is 11.8 Å². The molecule has 0 unspecified atom stereocenters. The van der Waals surface area contributed by atoms with Crippen LogP contribution in [0.2, 0.25) is 0 Å². The van der Waals surface area contributed by atoms with E-state index >= 15 is 0 Å². The van der Waals surface area contributed by atoms with E-state index in [1.165, 1.54) is 0 Å². The van der Waals surface area contributed by atoms with E-state index in [-0.39, 0.29) is 12.1 Å². The molecule has 1 aliphatic heterocycles. The average molecular weight is 198 g/mol. The predicted molar refractivity (Wildman–Crippen MR) is 53.8 cm³/mol. The monoisotopic (exact) mass is 198 g/mol. The van der Waals surface area contributed by atoms with Gasteiger partial charge in [0, 0.05) is 12.4 Å². The van der Waals surface area contributed by atoms with E-state index in [0.717, 1.165) is 24.3 Å². The van der Waals surface area contributed by atoms with Crippen molar-refractivity contribution in [2.45, 2.75) is 18.4 Å². The average Bonchev–Trinajstić information content (AvgIpc) is 2.72. The number of thioether (sulfide) groups is 1. The summed E-state index contributed by atoms with van der Waals surface area (Å²) < 4.78 is 2.06. The minimum atomic E-state index is -0.0677. The quantitative estimate of drug-likeness (QED) is 0.773. The molecule has 0 saturated carbocycles. The lowest BCUT2D eigenvalue weighted by molar-refractivity contribution is 0.121. The van der Waals surface area contributed by atoms with Crippen LogP contribution in [0.4, 0.5) is 0 Å². The molecule has 1 fully saturated rings. The molecule has 3 nitrogen and oxygen atoms in total. The molecule has 0 atom stereocenters. The second-order valence-corrected chi connectivity index (χ2v) is 4.69. The first kappa shape index (κ1) is 9.09. The van der Waals surface area contributed by atoms with Crippen LogP contribution < -0.4 is 0 Å². The molecule has 0 aromatic carbocycles. The largest absolute Gasteiger partial charge is 0.394 e. The predicted octanol–water partition coefficient (Wildman–Crippen LogP) is 1.10. The summed E-state index contributed by atoms with van der Waals surface area (Å²) >= 11 is 1.96. The van der Waals surface area contributed by atoms with Gasteiger partial charge in [-0.25, -0.2) is 4.98 Å². The van der Waals surface area contributed by atoms with Crippen LogP contribution in [0.5, 0.6) is 0 Å². The topological polar surface area (TPSA) is 38.0 Å². The summed E-state index contributed by atoms with van der Waals surface area (Å²) in [6, 6.07) is 0. The van der Waals surface area contributed by atoms with Crippen LogP contribution in [-0.2, 0) is 5.54 Å². The van der Waals surface area contributed by atoms with Gasteiger partial charge in [0.2, 0.25) is 0 Å². The third-order valence-electron chi connectivity index (χ3n) is 2.77. The van der Waals surface area contributed by atoms with Crippen molar-refractivity contribution < 1.29 is 5.11 Å². The van der Waals surface area contributed by atoms with Crippen molar-refractivity contribution in [3.63, 3.8) is 0 Å². The Morgan fingerprint density at radius 2 is 2.23 bits per heavy atom. The Morgan fingerprint density at radius 1 is 1.46 bits per heavy atom.